The number of ether oxygens (including phenoxy) is 3. The molecular weight excluding hydrogens is 518 g/mol. The molecule has 0 saturated heterocycles. The van der Waals surface area contributed by atoms with Gasteiger partial charge in [-0.2, -0.15) is 0 Å². The van der Waals surface area contributed by atoms with Crippen molar-refractivity contribution in [3.63, 3.8) is 0 Å². The number of anilines is 3. The lowest BCUT2D eigenvalue weighted by atomic mass is 9.93. The number of para-hydroxylation sites is 2. The predicted octanol–water partition coefficient (Wildman–Crippen LogP) is 5.99. The minimum absolute atomic E-state index is 0.0700. The van der Waals surface area contributed by atoms with E-state index in [1.807, 2.05) is 91.7 Å². The average molecular weight is 550 g/mol. The van der Waals surface area contributed by atoms with E-state index in [-0.39, 0.29) is 18.3 Å². The zero-order valence-electron chi connectivity index (χ0n) is 23.4. The van der Waals surface area contributed by atoms with Crippen LogP contribution < -0.4 is 29.5 Å². The quantitative estimate of drug-likeness (QED) is 0.224. The Morgan fingerprint density at radius 3 is 2.34 bits per heavy atom. The van der Waals surface area contributed by atoms with Gasteiger partial charge in [-0.05, 0) is 55.3 Å². The summed E-state index contributed by atoms with van der Waals surface area (Å²) in [6.07, 6.45) is 0.172. The van der Waals surface area contributed by atoms with Gasteiger partial charge in [0.2, 0.25) is 0 Å². The zero-order valence-corrected chi connectivity index (χ0v) is 23.4. The molecule has 2 aliphatic rings. The van der Waals surface area contributed by atoms with Crippen LogP contribution in [0.1, 0.15) is 25.0 Å². The summed E-state index contributed by atoms with van der Waals surface area (Å²) >= 11 is 0. The van der Waals surface area contributed by atoms with Crippen molar-refractivity contribution in [2.45, 2.75) is 32.4 Å². The molecular formula is C33H31N3O5. The van der Waals surface area contributed by atoms with E-state index in [9.17, 15) is 9.59 Å². The van der Waals surface area contributed by atoms with E-state index < -0.39 is 5.54 Å². The molecule has 1 N–H and O–H groups in total. The average Bonchev–Trinajstić information content (AvgIpc) is 3.38. The molecule has 0 bridgehead atoms. The van der Waals surface area contributed by atoms with Gasteiger partial charge in [0.05, 0.1) is 38.6 Å². The molecule has 0 radical (unpaired) electrons. The molecule has 0 aromatic heterocycles. The first-order valence-corrected chi connectivity index (χ1v) is 13.4. The van der Waals surface area contributed by atoms with E-state index in [0.717, 1.165) is 39.3 Å². The highest BCUT2D eigenvalue weighted by atomic mass is 16.5. The van der Waals surface area contributed by atoms with Gasteiger partial charge in [0.25, 0.3) is 5.91 Å². The summed E-state index contributed by atoms with van der Waals surface area (Å²) in [7, 11) is 3.22. The number of esters is 1. The monoisotopic (exact) mass is 549 g/mol. The topological polar surface area (TPSA) is 80.3 Å². The fraction of sp³-hybridized carbons (Fsp3) is 0.212. The van der Waals surface area contributed by atoms with Crippen LogP contribution in [0.4, 0.5) is 17.1 Å². The lowest BCUT2D eigenvalue weighted by molar-refractivity contribution is -0.133. The number of hydrogen-bond donors (Lipinski definition) is 1. The van der Waals surface area contributed by atoms with Crippen LogP contribution in [0.15, 0.2) is 84.9 Å². The van der Waals surface area contributed by atoms with Gasteiger partial charge in [0, 0.05) is 17.2 Å². The number of nitrogens with zero attached hydrogens (tertiary/aromatic N) is 2. The van der Waals surface area contributed by atoms with Gasteiger partial charge in [-0.1, -0.05) is 48.5 Å². The maximum Gasteiger partial charge on any atom is 0.315 e. The molecule has 0 unspecified atom stereocenters. The highest BCUT2D eigenvalue weighted by Gasteiger charge is 2.47. The van der Waals surface area contributed by atoms with E-state index in [0.29, 0.717) is 23.8 Å². The summed E-state index contributed by atoms with van der Waals surface area (Å²) in [5, 5.41) is 7.14. The molecule has 4 aromatic carbocycles. The van der Waals surface area contributed by atoms with E-state index in [1.165, 1.54) is 0 Å². The summed E-state index contributed by atoms with van der Waals surface area (Å²) in [4.78, 5) is 26.4. The van der Waals surface area contributed by atoms with Crippen LogP contribution in [0.2, 0.25) is 0 Å². The first kappa shape index (κ1) is 26.3. The van der Waals surface area contributed by atoms with Crippen LogP contribution in [0.25, 0.3) is 11.1 Å². The van der Waals surface area contributed by atoms with Crippen LogP contribution >= 0.6 is 0 Å². The molecule has 2 aliphatic heterocycles. The highest BCUT2D eigenvalue weighted by Crippen LogP contribution is 2.51. The number of nitrogens with one attached hydrogen (secondary N) is 1. The number of benzene rings is 4. The standard InChI is InChI=1S/C33H31N3O5/c1-33(2)32(38)36-31-25(20-35(36)27-12-8-9-13-28(27)39-3)23(16-17-26(31)34-33)24-15-14-22(19-29(24)40-4)41-30(37)18-21-10-6-5-7-11-21/h5-17,19,34H,18,20H2,1-4H3. The predicted molar refractivity (Wildman–Crippen MR) is 159 cm³/mol. The summed E-state index contributed by atoms with van der Waals surface area (Å²) in [5.41, 5.74) is 5.26. The smallest absolute Gasteiger partial charge is 0.315 e. The van der Waals surface area contributed by atoms with Crippen molar-refractivity contribution < 1.29 is 23.8 Å². The minimum Gasteiger partial charge on any atom is -0.496 e. The fourth-order valence-corrected chi connectivity index (χ4v) is 5.52. The van der Waals surface area contributed by atoms with E-state index in [2.05, 4.69) is 5.32 Å². The van der Waals surface area contributed by atoms with Gasteiger partial charge < -0.3 is 19.5 Å². The van der Waals surface area contributed by atoms with Crippen LogP contribution in [-0.4, -0.2) is 31.6 Å². The van der Waals surface area contributed by atoms with Gasteiger partial charge in [0.15, 0.2) is 0 Å². The van der Waals surface area contributed by atoms with Crippen molar-refractivity contribution in [3.8, 4) is 28.4 Å². The van der Waals surface area contributed by atoms with E-state index in [1.54, 1.807) is 31.4 Å². The van der Waals surface area contributed by atoms with Gasteiger partial charge in [-0.25, -0.2) is 5.01 Å². The first-order valence-electron chi connectivity index (χ1n) is 13.4. The Labute approximate surface area is 239 Å². The Morgan fingerprint density at radius 1 is 0.878 bits per heavy atom. The van der Waals surface area contributed by atoms with Crippen molar-refractivity contribution in [3.05, 3.63) is 96.1 Å². The molecule has 0 saturated carbocycles. The summed E-state index contributed by atoms with van der Waals surface area (Å²) in [6.45, 7) is 4.20. The summed E-state index contributed by atoms with van der Waals surface area (Å²) in [5.74, 6) is 1.21. The van der Waals surface area contributed by atoms with E-state index in [4.69, 9.17) is 14.2 Å². The maximum atomic E-state index is 13.8. The third kappa shape index (κ3) is 4.61. The molecule has 208 valence electrons. The van der Waals surface area contributed by atoms with Gasteiger partial charge in [-0.15, -0.1) is 0 Å². The third-order valence-electron chi connectivity index (χ3n) is 7.47. The summed E-state index contributed by atoms with van der Waals surface area (Å²) in [6, 6.07) is 26.6. The van der Waals surface area contributed by atoms with Crippen LogP contribution in [0.3, 0.4) is 0 Å². The normalized spacial score (nSPS) is 14.8. The second-order valence-corrected chi connectivity index (χ2v) is 10.6. The first-order chi connectivity index (χ1) is 19.8. The Morgan fingerprint density at radius 2 is 1.59 bits per heavy atom. The van der Waals surface area contributed by atoms with Gasteiger partial charge in [-0.3, -0.25) is 14.6 Å². The SMILES string of the molecule is COc1cc(OC(=O)Cc2ccccc2)ccc1-c1ccc2c3c1CN(c1ccccc1OC)N3C(=O)C(C)(C)N2. The Bertz CT molecular complexity index is 1650. The van der Waals surface area contributed by atoms with Gasteiger partial charge in [0.1, 0.15) is 28.5 Å². The zero-order chi connectivity index (χ0) is 28.7. The lowest BCUT2D eigenvalue weighted by Gasteiger charge is -2.41. The highest BCUT2D eigenvalue weighted by molar-refractivity contribution is 6.12. The minimum atomic E-state index is -0.806. The molecule has 41 heavy (non-hydrogen) atoms. The molecule has 6 rings (SSSR count). The number of carbonyl (C=O) groups excluding carboxylic acids is 2. The largest absolute Gasteiger partial charge is 0.496 e. The molecule has 0 atom stereocenters. The number of hydrazine groups is 1. The fourth-order valence-electron chi connectivity index (χ4n) is 5.52. The Kier molecular flexibility index (Phi) is 6.53. The second-order valence-electron chi connectivity index (χ2n) is 10.6. The summed E-state index contributed by atoms with van der Waals surface area (Å²) < 4.78 is 17.1. The molecule has 1 amide bonds. The van der Waals surface area contributed by atoms with Crippen LogP contribution in [0, 0.1) is 0 Å². The third-order valence-corrected chi connectivity index (χ3v) is 7.47. The van der Waals surface area contributed by atoms with Gasteiger partial charge >= 0.3 is 5.97 Å². The second kappa shape index (κ2) is 10.2. The number of carbonyl (C=O) groups is 2. The molecule has 8 nitrogen and oxygen atoms in total. The molecule has 4 aromatic rings. The Hall–Kier alpha value is -4.98. The Balaban J connectivity index is 1.39. The van der Waals surface area contributed by atoms with Crippen molar-refractivity contribution >= 4 is 28.9 Å². The van der Waals surface area contributed by atoms with Crippen LogP contribution in [-0.2, 0) is 22.6 Å². The van der Waals surface area contributed by atoms with Crippen molar-refractivity contribution in [1.82, 2.24) is 0 Å². The molecule has 0 aliphatic carbocycles. The van der Waals surface area contributed by atoms with Crippen molar-refractivity contribution in [1.29, 1.82) is 0 Å². The van der Waals surface area contributed by atoms with Crippen LogP contribution in [0.5, 0.6) is 17.2 Å². The molecule has 0 spiro atoms. The van der Waals surface area contributed by atoms with Crippen molar-refractivity contribution in [2.75, 3.05) is 29.6 Å². The number of amides is 1. The maximum absolute atomic E-state index is 13.8. The molecule has 0 fully saturated rings. The number of methoxy groups -OCH3 is 2. The number of rotatable bonds is 7. The molecule has 2 heterocycles. The van der Waals surface area contributed by atoms with E-state index >= 15 is 0 Å². The lowest BCUT2D eigenvalue weighted by Crippen LogP contribution is -2.57. The number of hydrogen-bond acceptors (Lipinski definition) is 7. The molecule has 8 heteroatoms. The van der Waals surface area contributed by atoms with Crippen molar-refractivity contribution in [2.24, 2.45) is 0 Å².